The maximum Gasteiger partial charge on any atom is 0.321 e. The van der Waals surface area contributed by atoms with Gasteiger partial charge in [0.05, 0.1) is 5.75 Å². The molecule has 0 unspecified atom stereocenters. The van der Waals surface area contributed by atoms with Crippen LogP contribution in [0.1, 0.15) is 13.8 Å². The van der Waals surface area contributed by atoms with Crippen LogP contribution in [0.5, 0.6) is 0 Å². The minimum absolute atomic E-state index is 0.179. The molecule has 0 spiro atoms. The summed E-state index contributed by atoms with van der Waals surface area (Å²) in [6.07, 6.45) is 0. The Morgan fingerprint density at radius 2 is 1.90 bits per heavy atom. The first-order valence-corrected chi connectivity index (χ1v) is 7.00. The molecule has 0 heterocycles. The third-order valence-electron chi connectivity index (χ3n) is 2.82. The number of benzene rings is 1. The van der Waals surface area contributed by atoms with Crippen molar-refractivity contribution in [2.24, 2.45) is 5.73 Å². The number of amides is 1. The van der Waals surface area contributed by atoms with Crippen LogP contribution in [0, 0.1) is 11.6 Å². The molecule has 1 rings (SSSR count). The summed E-state index contributed by atoms with van der Waals surface area (Å²) in [6.45, 7) is 3.15. The van der Waals surface area contributed by atoms with Gasteiger partial charge in [0.1, 0.15) is 23.4 Å². The number of rotatable bonds is 6. The van der Waals surface area contributed by atoms with Crippen molar-refractivity contribution < 1.29 is 23.5 Å². The summed E-state index contributed by atoms with van der Waals surface area (Å²) in [5, 5.41) is 11.0. The quantitative estimate of drug-likeness (QED) is 0.744. The third-order valence-corrected chi connectivity index (χ3v) is 4.22. The maximum atomic E-state index is 13.4. The van der Waals surface area contributed by atoms with Crippen molar-refractivity contribution >= 4 is 29.3 Å². The van der Waals surface area contributed by atoms with Gasteiger partial charge in [-0.05, 0) is 26.0 Å². The molecule has 0 fully saturated rings. The lowest BCUT2D eigenvalue weighted by atomic mass is 10.1. The number of para-hydroxylation sites is 1. The fraction of sp³-hybridized carbons (Fsp3) is 0.385. The van der Waals surface area contributed by atoms with E-state index < -0.39 is 40.0 Å². The third kappa shape index (κ3) is 4.68. The molecule has 1 aromatic carbocycles. The zero-order valence-electron chi connectivity index (χ0n) is 11.5. The molecule has 1 amide bonds. The van der Waals surface area contributed by atoms with Gasteiger partial charge in [-0.15, -0.1) is 11.8 Å². The number of hydrogen-bond acceptors (Lipinski definition) is 4. The van der Waals surface area contributed by atoms with Crippen LogP contribution < -0.4 is 11.1 Å². The van der Waals surface area contributed by atoms with Crippen molar-refractivity contribution in [1.29, 1.82) is 0 Å². The molecule has 116 valence electrons. The van der Waals surface area contributed by atoms with Crippen LogP contribution in [-0.2, 0) is 9.59 Å². The van der Waals surface area contributed by atoms with E-state index in [0.29, 0.717) is 0 Å². The highest BCUT2D eigenvalue weighted by atomic mass is 32.2. The van der Waals surface area contributed by atoms with Crippen molar-refractivity contribution in [2.45, 2.75) is 24.6 Å². The van der Waals surface area contributed by atoms with E-state index in [4.69, 9.17) is 10.8 Å². The number of carboxylic acids is 1. The van der Waals surface area contributed by atoms with Crippen LogP contribution in [0.4, 0.5) is 14.5 Å². The van der Waals surface area contributed by atoms with E-state index in [1.807, 2.05) is 0 Å². The molecule has 0 bridgehead atoms. The number of halogens is 2. The van der Waals surface area contributed by atoms with Crippen LogP contribution in [0.3, 0.4) is 0 Å². The molecule has 0 radical (unpaired) electrons. The largest absolute Gasteiger partial charge is 0.480 e. The fourth-order valence-corrected chi connectivity index (χ4v) is 2.29. The number of nitrogens with one attached hydrogen (secondary N) is 1. The standard InChI is InChI=1S/C13H16F2N2O3S/c1-13(2,11(16)12(19)20)21-6-9(18)17-10-7(14)4-3-5-8(10)15/h3-5,11H,6,16H2,1-2H3,(H,17,18)(H,19,20)/t11-/m0/s1. The van der Waals surface area contributed by atoms with Crippen LogP contribution >= 0.6 is 11.8 Å². The van der Waals surface area contributed by atoms with Crippen LogP contribution in [-0.4, -0.2) is 33.5 Å². The van der Waals surface area contributed by atoms with Gasteiger partial charge in [0.25, 0.3) is 0 Å². The van der Waals surface area contributed by atoms with Gasteiger partial charge in [0.2, 0.25) is 5.91 Å². The Kier molecular flexibility index (Phi) is 5.68. The van der Waals surface area contributed by atoms with E-state index in [1.165, 1.54) is 6.07 Å². The van der Waals surface area contributed by atoms with Crippen LogP contribution in [0.25, 0.3) is 0 Å². The predicted molar refractivity (Wildman–Crippen MR) is 77.1 cm³/mol. The van der Waals surface area contributed by atoms with Gasteiger partial charge in [0, 0.05) is 4.75 Å². The summed E-state index contributed by atoms with van der Waals surface area (Å²) in [7, 11) is 0. The molecule has 5 nitrogen and oxygen atoms in total. The van der Waals surface area contributed by atoms with Gasteiger partial charge in [-0.25, -0.2) is 8.78 Å². The molecule has 0 aliphatic carbocycles. The lowest BCUT2D eigenvalue weighted by Gasteiger charge is -2.27. The Morgan fingerprint density at radius 1 is 1.38 bits per heavy atom. The SMILES string of the molecule is CC(C)(SCC(=O)Nc1c(F)cccc1F)[C@@H](N)C(=O)O. The van der Waals surface area contributed by atoms with E-state index in [1.54, 1.807) is 13.8 Å². The zero-order chi connectivity index (χ0) is 16.2. The van der Waals surface area contributed by atoms with E-state index >= 15 is 0 Å². The van der Waals surface area contributed by atoms with Crippen molar-refractivity contribution in [2.75, 3.05) is 11.1 Å². The van der Waals surface area contributed by atoms with Gasteiger partial charge in [-0.2, -0.15) is 0 Å². The number of carbonyl (C=O) groups excluding carboxylic acids is 1. The second kappa shape index (κ2) is 6.86. The second-order valence-corrected chi connectivity index (χ2v) is 6.48. The highest BCUT2D eigenvalue weighted by Gasteiger charge is 2.33. The predicted octanol–water partition coefficient (Wildman–Crippen LogP) is 1.83. The summed E-state index contributed by atoms with van der Waals surface area (Å²) in [4.78, 5) is 22.5. The summed E-state index contributed by atoms with van der Waals surface area (Å²) >= 11 is 0.991. The highest BCUT2D eigenvalue weighted by Crippen LogP contribution is 2.28. The first-order chi connectivity index (χ1) is 9.65. The number of thioether (sulfide) groups is 1. The van der Waals surface area contributed by atoms with E-state index in [-0.39, 0.29) is 5.75 Å². The zero-order valence-corrected chi connectivity index (χ0v) is 12.3. The molecule has 8 heteroatoms. The molecule has 0 aromatic heterocycles. The number of anilines is 1. The highest BCUT2D eigenvalue weighted by molar-refractivity contribution is 8.01. The fourth-order valence-electron chi connectivity index (χ4n) is 1.43. The second-order valence-electron chi connectivity index (χ2n) is 4.85. The van der Waals surface area contributed by atoms with Crippen molar-refractivity contribution in [1.82, 2.24) is 0 Å². The number of aliphatic carboxylic acids is 1. The van der Waals surface area contributed by atoms with Gasteiger partial charge < -0.3 is 16.2 Å². The Labute approximate surface area is 124 Å². The molecule has 0 aliphatic heterocycles. The molecular weight excluding hydrogens is 302 g/mol. The van der Waals surface area contributed by atoms with Crippen molar-refractivity contribution in [3.63, 3.8) is 0 Å². The molecule has 21 heavy (non-hydrogen) atoms. The monoisotopic (exact) mass is 318 g/mol. The van der Waals surface area contributed by atoms with E-state index in [0.717, 1.165) is 23.9 Å². The van der Waals surface area contributed by atoms with Gasteiger partial charge in [-0.1, -0.05) is 6.07 Å². The average molecular weight is 318 g/mol. The average Bonchev–Trinajstić information content (AvgIpc) is 2.40. The smallest absolute Gasteiger partial charge is 0.321 e. The van der Waals surface area contributed by atoms with Crippen molar-refractivity contribution in [3.05, 3.63) is 29.8 Å². The summed E-state index contributed by atoms with van der Waals surface area (Å²) in [6, 6.07) is 2.07. The van der Waals surface area contributed by atoms with Crippen molar-refractivity contribution in [3.8, 4) is 0 Å². The Balaban J connectivity index is 2.65. The first-order valence-electron chi connectivity index (χ1n) is 6.01. The molecule has 4 N–H and O–H groups in total. The normalized spacial score (nSPS) is 12.8. The summed E-state index contributed by atoms with van der Waals surface area (Å²) in [5.41, 5.74) is 4.98. The molecule has 0 aliphatic rings. The Hall–Kier alpha value is -1.67. The van der Waals surface area contributed by atoms with E-state index in [9.17, 15) is 18.4 Å². The maximum absolute atomic E-state index is 13.4. The molecule has 1 atom stereocenters. The first kappa shape index (κ1) is 17.4. The van der Waals surface area contributed by atoms with Gasteiger partial charge >= 0.3 is 5.97 Å². The summed E-state index contributed by atoms with van der Waals surface area (Å²) < 4.78 is 25.8. The molecule has 1 aromatic rings. The molecule has 0 saturated heterocycles. The molecular formula is C13H16F2N2O3S. The van der Waals surface area contributed by atoms with Crippen LogP contribution in [0.15, 0.2) is 18.2 Å². The lowest BCUT2D eigenvalue weighted by molar-refractivity contribution is -0.139. The topological polar surface area (TPSA) is 92.4 Å². The minimum atomic E-state index is -1.19. The van der Waals surface area contributed by atoms with Gasteiger partial charge in [0.15, 0.2) is 0 Å². The number of carbonyl (C=O) groups is 2. The minimum Gasteiger partial charge on any atom is -0.480 e. The molecule has 0 saturated carbocycles. The lowest BCUT2D eigenvalue weighted by Crippen LogP contribution is -2.47. The van der Waals surface area contributed by atoms with Crippen LogP contribution in [0.2, 0.25) is 0 Å². The van der Waals surface area contributed by atoms with E-state index in [2.05, 4.69) is 5.32 Å². The van der Waals surface area contributed by atoms with Gasteiger partial charge in [-0.3, -0.25) is 9.59 Å². The number of carboxylic acid groups (broad SMARTS) is 1. The number of nitrogens with two attached hydrogens (primary N) is 1. The Bertz CT molecular complexity index is 532. The number of hydrogen-bond donors (Lipinski definition) is 3. The Morgan fingerprint density at radius 3 is 2.38 bits per heavy atom. The summed E-state index contributed by atoms with van der Waals surface area (Å²) in [5.74, 6) is -3.77.